The number of nitrogens with two attached hydrogens (primary N) is 1. The zero-order valence-electron chi connectivity index (χ0n) is 12.3. The third kappa shape index (κ3) is 3.98. The van der Waals surface area contributed by atoms with Crippen molar-refractivity contribution in [3.8, 4) is 0 Å². The van der Waals surface area contributed by atoms with Crippen molar-refractivity contribution < 1.29 is 4.79 Å². The number of hydrogen-bond acceptors (Lipinski definition) is 2. The van der Waals surface area contributed by atoms with E-state index in [0.717, 1.165) is 25.7 Å². The van der Waals surface area contributed by atoms with Gasteiger partial charge in [0.25, 0.3) is 0 Å². The summed E-state index contributed by atoms with van der Waals surface area (Å²) < 4.78 is 0. The summed E-state index contributed by atoms with van der Waals surface area (Å²) >= 11 is 0. The first-order valence-corrected chi connectivity index (χ1v) is 7.57. The maximum Gasteiger partial charge on any atom is 0.225 e. The molecule has 1 fully saturated rings. The summed E-state index contributed by atoms with van der Waals surface area (Å²) in [6.07, 6.45) is 7.87. The number of hydrogen-bond donors (Lipinski definition) is 2. The van der Waals surface area contributed by atoms with E-state index in [1.807, 2.05) is 0 Å². The summed E-state index contributed by atoms with van der Waals surface area (Å²) in [5, 5.41) is 3.08. The Labute approximate surface area is 112 Å². The van der Waals surface area contributed by atoms with Crippen molar-refractivity contribution in [3.05, 3.63) is 0 Å². The van der Waals surface area contributed by atoms with E-state index in [1.54, 1.807) is 0 Å². The Kier molecular flexibility index (Phi) is 6.13. The molecule has 0 heterocycles. The molecular weight excluding hydrogens is 224 g/mol. The molecule has 0 aromatic carbocycles. The first-order valence-electron chi connectivity index (χ1n) is 7.57. The Morgan fingerprint density at radius 2 is 1.78 bits per heavy atom. The van der Waals surface area contributed by atoms with Crippen molar-refractivity contribution in [2.24, 2.45) is 17.1 Å². The van der Waals surface area contributed by atoms with E-state index < -0.39 is 0 Å². The van der Waals surface area contributed by atoms with Crippen molar-refractivity contribution >= 4 is 5.91 Å². The Morgan fingerprint density at radius 3 is 2.28 bits per heavy atom. The minimum atomic E-state index is -0.147. The summed E-state index contributed by atoms with van der Waals surface area (Å²) in [5.74, 6) is 0.730. The van der Waals surface area contributed by atoms with Gasteiger partial charge in [-0.25, -0.2) is 0 Å². The lowest BCUT2D eigenvalue weighted by Crippen LogP contribution is -2.47. The van der Waals surface area contributed by atoms with Crippen LogP contribution in [0.1, 0.15) is 65.7 Å². The summed E-state index contributed by atoms with van der Waals surface area (Å²) in [5.41, 5.74) is 6.00. The maximum atomic E-state index is 12.3. The van der Waals surface area contributed by atoms with Crippen molar-refractivity contribution in [2.45, 2.75) is 71.8 Å². The fourth-order valence-corrected chi connectivity index (χ4v) is 3.04. The summed E-state index contributed by atoms with van der Waals surface area (Å²) in [7, 11) is 0. The first kappa shape index (κ1) is 15.5. The molecule has 0 spiro atoms. The van der Waals surface area contributed by atoms with Crippen LogP contribution in [0, 0.1) is 11.3 Å². The van der Waals surface area contributed by atoms with Crippen LogP contribution in [0.3, 0.4) is 0 Å². The van der Waals surface area contributed by atoms with Crippen LogP contribution < -0.4 is 11.1 Å². The molecule has 18 heavy (non-hydrogen) atoms. The topological polar surface area (TPSA) is 55.1 Å². The molecule has 3 nitrogen and oxygen atoms in total. The molecule has 3 N–H and O–H groups in total. The quantitative estimate of drug-likeness (QED) is 0.766. The number of rotatable bonds is 6. The Bertz CT molecular complexity index is 255. The second-order valence-electron chi connectivity index (χ2n) is 6.07. The molecule has 0 radical (unpaired) electrons. The molecule has 0 aromatic rings. The van der Waals surface area contributed by atoms with Crippen LogP contribution in [0.5, 0.6) is 0 Å². The van der Waals surface area contributed by atoms with E-state index in [4.69, 9.17) is 5.73 Å². The van der Waals surface area contributed by atoms with Crippen LogP contribution >= 0.6 is 0 Å². The predicted octanol–water partition coefficient (Wildman–Crippen LogP) is 2.84. The molecular formula is C15H30N2O. The van der Waals surface area contributed by atoms with E-state index in [9.17, 15) is 4.79 Å². The van der Waals surface area contributed by atoms with Gasteiger partial charge in [-0.2, -0.15) is 0 Å². The lowest BCUT2D eigenvalue weighted by molar-refractivity contribution is -0.132. The highest BCUT2D eigenvalue weighted by atomic mass is 16.2. The van der Waals surface area contributed by atoms with Gasteiger partial charge in [-0.3, -0.25) is 4.79 Å². The van der Waals surface area contributed by atoms with Gasteiger partial charge in [0.1, 0.15) is 0 Å². The highest BCUT2D eigenvalue weighted by Gasteiger charge is 2.34. The highest BCUT2D eigenvalue weighted by molar-refractivity contribution is 5.82. The molecule has 0 aliphatic heterocycles. The summed E-state index contributed by atoms with van der Waals surface area (Å²) in [6.45, 7) is 7.06. The molecule has 0 aromatic heterocycles. The van der Waals surface area contributed by atoms with E-state index in [2.05, 4.69) is 26.1 Å². The molecule has 106 valence electrons. The number of carbonyl (C=O) groups excluding carboxylic acids is 1. The van der Waals surface area contributed by atoms with Crippen LogP contribution in [0.15, 0.2) is 0 Å². The van der Waals surface area contributed by atoms with Crippen molar-refractivity contribution in [1.29, 1.82) is 0 Å². The lowest BCUT2D eigenvalue weighted by Gasteiger charge is -2.33. The molecule has 1 aliphatic carbocycles. The fourth-order valence-electron chi connectivity index (χ4n) is 3.04. The zero-order chi connectivity index (χ0) is 13.6. The molecule has 1 amide bonds. The smallest absolute Gasteiger partial charge is 0.225 e. The minimum absolute atomic E-state index is 0.0936. The van der Waals surface area contributed by atoms with E-state index in [-0.39, 0.29) is 17.4 Å². The van der Waals surface area contributed by atoms with Crippen molar-refractivity contribution in [2.75, 3.05) is 6.54 Å². The summed E-state index contributed by atoms with van der Waals surface area (Å²) in [6, 6.07) is 0.0936. The molecule has 3 heteroatoms. The maximum absolute atomic E-state index is 12.3. The largest absolute Gasteiger partial charge is 0.354 e. The van der Waals surface area contributed by atoms with E-state index in [0.29, 0.717) is 12.5 Å². The molecule has 1 unspecified atom stereocenters. The monoisotopic (exact) mass is 254 g/mol. The van der Waals surface area contributed by atoms with Gasteiger partial charge >= 0.3 is 0 Å². The molecule has 0 bridgehead atoms. The van der Waals surface area contributed by atoms with Crippen LogP contribution in [0.25, 0.3) is 0 Å². The molecule has 0 saturated heterocycles. The van der Waals surface area contributed by atoms with Crippen LogP contribution in [0.4, 0.5) is 0 Å². The van der Waals surface area contributed by atoms with Crippen LogP contribution in [-0.4, -0.2) is 18.5 Å². The average Bonchev–Trinajstić information content (AvgIpc) is 2.38. The minimum Gasteiger partial charge on any atom is -0.354 e. The number of carbonyl (C=O) groups is 1. The Hall–Kier alpha value is -0.570. The Balaban J connectivity index is 2.40. The van der Waals surface area contributed by atoms with Gasteiger partial charge in [-0.15, -0.1) is 0 Å². The molecule has 1 aliphatic rings. The standard InChI is InChI=1S/C15H30N2O/c1-4-12(5-2)13(16)11-17-14(18)15(3)9-7-6-8-10-15/h12-13H,4-11,16H2,1-3H3,(H,17,18). The van der Waals surface area contributed by atoms with Crippen molar-refractivity contribution in [3.63, 3.8) is 0 Å². The molecule has 1 saturated carbocycles. The van der Waals surface area contributed by atoms with Gasteiger partial charge in [0.15, 0.2) is 0 Å². The predicted molar refractivity (Wildman–Crippen MR) is 76.2 cm³/mol. The average molecular weight is 254 g/mol. The van der Waals surface area contributed by atoms with E-state index in [1.165, 1.54) is 19.3 Å². The molecule has 1 rings (SSSR count). The lowest BCUT2D eigenvalue weighted by atomic mass is 9.75. The second-order valence-corrected chi connectivity index (χ2v) is 6.07. The fraction of sp³-hybridized carbons (Fsp3) is 0.933. The number of nitrogens with one attached hydrogen (secondary N) is 1. The van der Waals surface area contributed by atoms with E-state index >= 15 is 0 Å². The highest BCUT2D eigenvalue weighted by Crippen LogP contribution is 2.35. The van der Waals surface area contributed by atoms with Gasteiger partial charge in [0.2, 0.25) is 5.91 Å². The van der Waals surface area contributed by atoms with Gasteiger partial charge < -0.3 is 11.1 Å². The normalized spacial score (nSPS) is 20.7. The first-order chi connectivity index (χ1) is 8.53. The molecule has 1 atom stereocenters. The third-order valence-corrected chi connectivity index (χ3v) is 4.66. The van der Waals surface area contributed by atoms with Gasteiger partial charge in [0, 0.05) is 18.0 Å². The zero-order valence-corrected chi connectivity index (χ0v) is 12.3. The second kappa shape index (κ2) is 7.13. The summed E-state index contributed by atoms with van der Waals surface area (Å²) in [4.78, 5) is 12.3. The Morgan fingerprint density at radius 1 is 1.22 bits per heavy atom. The number of amides is 1. The van der Waals surface area contributed by atoms with Crippen LogP contribution in [-0.2, 0) is 4.79 Å². The van der Waals surface area contributed by atoms with Crippen molar-refractivity contribution in [1.82, 2.24) is 5.32 Å². The third-order valence-electron chi connectivity index (χ3n) is 4.66. The van der Waals surface area contributed by atoms with Gasteiger partial charge in [-0.1, -0.05) is 52.9 Å². The van der Waals surface area contributed by atoms with Gasteiger partial charge in [0.05, 0.1) is 0 Å². The van der Waals surface area contributed by atoms with Crippen LogP contribution in [0.2, 0.25) is 0 Å². The SMILES string of the molecule is CCC(CC)C(N)CNC(=O)C1(C)CCCCC1. The van der Waals surface area contributed by atoms with Gasteiger partial charge in [-0.05, 0) is 18.8 Å².